The van der Waals surface area contributed by atoms with E-state index in [1.165, 1.54) is 30.5 Å². The molecule has 0 unspecified atom stereocenters. The number of carbonyl (C=O) groups is 2. The van der Waals surface area contributed by atoms with Crippen LogP contribution in [0, 0.1) is 5.41 Å². The molecule has 41 heavy (non-hydrogen) atoms. The van der Waals surface area contributed by atoms with Gasteiger partial charge in [-0.1, -0.05) is 44.2 Å². The van der Waals surface area contributed by atoms with Gasteiger partial charge in [0.2, 0.25) is 10.0 Å². The summed E-state index contributed by atoms with van der Waals surface area (Å²) >= 11 is 0. The van der Waals surface area contributed by atoms with Gasteiger partial charge in [-0.15, -0.1) is 0 Å². The summed E-state index contributed by atoms with van der Waals surface area (Å²) in [5.41, 5.74) is 0.167. The van der Waals surface area contributed by atoms with Gasteiger partial charge in [-0.2, -0.15) is 4.31 Å². The van der Waals surface area contributed by atoms with Crippen LogP contribution in [0.1, 0.15) is 45.6 Å². The van der Waals surface area contributed by atoms with Crippen molar-refractivity contribution >= 4 is 21.9 Å². The fraction of sp³-hybridized carbons (Fsp3) is 0.533. The van der Waals surface area contributed by atoms with E-state index in [2.05, 4.69) is 0 Å². The predicted octanol–water partition coefficient (Wildman–Crippen LogP) is 2.49. The topological polar surface area (TPSA) is 137 Å². The van der Waals surface area contributed by atoms with Gasteiger partial charge in [0.1, 0.15) is 17.6 Å². The van der Waals surface area contributed by atoms with Gasteiger partial charge >= 0.3 is 0 Å². The van der Waals surface area contributed by atoms with Crippen molar-refractivity contribution in [3.05, 3.63) is 60.2 Å². The van der Waals surface area contributed by atoms with Crippen LogP contribution in [0.3, 0.4) is 0 Å². The first-order valence-electron chi connectivity index (χ1n) is 13.8. The first-order valence-corrected chi connectivity index (χ1v) is 15.2. The van der Waals surface area contributed by atoms with Crippen LogP contribution in [-0.2, 0) is 26.0 Å². The molecule has 2 aromatic rings. The van der Waals surface area contributed by atoms with E-state index < -0.39 is 39.7 Å². The van der Waals surface area contributed by atoms with Crippen LogP contribution in [0.2, 0.25) is 0 Å². The van der Waals surface area contributed by atoms with Crippen molar-refractivity contribution in [2.45, 2.75) is 69.5 Å². The van der Waals surface area contributed by atoms with Crippen LogP contribution in [0.25, 0.3) is 0 Å². The molecular formula is C30H41N2O8S-. The van der Waals surface area contributed by atoms with Gasteiger partial charge in [0.05, 0.1) is 36.8 Å². The lowest BCUT2D eigenvalue weighted by atomic mass is 9.87. The van der Waals surface area contributed by atoms with Gasteiger partial charge in [0, 0.05) is 26.1 Å². The lowest BCUT2D eigenvalue weighted by Gasteiger charge is -2.42. The minimum atomic E-state index is -4.14. The number of carbonyl (C=O) groups excluding carboxylic acids is 2. The Morgan fingerprint density at radius 3 is 2.34 bits per heavy atom. The molecular weight excluding hydrogens is 548 g/mol. The molecule has 0 bridgehead atoms. The highest BCUT2D eigenvalue weighted by Crippen LogP contribution is 2.30. The van der Waals surface area contributed by atoms with Crippen molar-refractivity contribution in [3.8, 4) is 5.75 Å². The van der Waals surface area contributed by atoms with E-state index in [0.29, 0.717) is 25.2 Å². The lowest BCUT2D eigenvalue weighted by molar-refractivity contribution is -0.272. The van der Waals surface area contributed by atoms with Crippen LogP contribution in [-0.4, -0.2) is 86.2 Å². The van der Waals surface area contributed by atoms with Gasteiger partial charge in [-0.25, -0.2) is 8.42 Å². The fourth-order valence-electron chi connectivity index (χ4n) is 5.12. The van der Waals surface area contributed by atoms with Crippen molar-refractivity contribution in [2.75, 3.05) is 33.4 Å². The number of ketones is 1. The average molecular weight is 590 g/mol. The number of Topliss-reactive ketones (excluding diaryl/α,β-unsaturated/α-hetero) is 1. The largest absolute Gasteiger partial charge is 0.530 e. The number of methoxy groups -OCH3 is 1. The van der Waals surface area contributed by atoms with E-state index in [1.807, 2.05) is 44.2 Å². The molecule has 3 atom stereocenters. The molecule has 0 aromatic heterocycles. The summed E-state index contributed by atoms with van der Waals surface area (Å²) < 4.78 is 39.7. The Morgan fingerprint density at radius 2 is 1.80 bits per heavy atom. The third-order valence-electron chi connectivity index (χ3n) is 7.45. The summed E-state index contributed by atoms with van der Waals surface area (Å²) in [6, 6.07) is 13.5. The maximum absolute atomic E-state index is 14.0. The van der Waals surface area contributed by atoms with Crippen LogP contribution >= 0.6 is 0 Å². The van der Waals surface area contributed by atoms with E-state index in [0.717, 1.165) is 10.5 Å². The summed E-state index contributed by atoms with van der Waals surface area (Å²) in [6.45, 7) is 5.39. The number of sulfonamides is 1. The van der Waals surface area contributed by atoms with Gasteiger partial charge in [0.15, 0.2) is 0 Å². The summed E-state index contributed by atoms with van der Waals surface area (Å²) in [5, 5.41) is 24.1. The van der Waals surface area contributed by atoms with E-state index in [4.69, 9.17) is 9.47 Å². The van der Waals surface area contributed by atoms with Crippen LogP contribution in [0.5, 0.6) is 5.75 Å². The minimum Gasteiger partial charge on any atom is -0.530 e. The van der Waals surface area contributed by atoms with Gasteiger partial charge in [0.25, 0.3) is 0 Å². The zero-order valence-corrected chi connectivity index (χ0v) is 25.0. The summed E-state index contributed by atoms with van der Waals surface area (Å²) in [7, 11) is -2.66. The number of nitrogens with zero attached hydrogens (tertiary/aromatic N) is 2. The number of aliphatic hydroxyl groups is 1. The zero-order chi connectivity index (χ0) is 30.2. The van der Waals surface area contributed by atoms with Gasteiger partial charge in [-0.05, 0) is 61.4 Å². The molecule has 226 valence electrons. The summed E-state index contributed by atoms with van der Waals surface area (Å²) in [5.74, 6) is 0.484. The van der Waals surface area contributed by atoms with Crippen molar-refractivity contribution in [3.63, 3.8) is 0 Å². The maximum Gasteiger partial charge on any atom is 0.243 e. The third kappa shape index (κ3) is 9.00. The second kappa shape index (κ2) is 14.3. The lowest BCUT2D eigenvalue weighted by Crippen LogP contribution is -2.59. The molecule has 0 spiro atoms. The molecule has 3 rings (SSSR count). The monoisotopic (exact) mass is 589 g/mol. The highest BCUT2D eigenvalue weighted by atomic mass is 32.2. The predicted molar refractivity (Wildman–Crippen MR) is 152 cm³/mol. The molecule has 1 N–H and O–H groups in total. The highest BCUT2D eigenvalue weighted by Gasteiger charge is 2.38. The Kier molecular flexibility index (Phi) is 11.3. The molecule has 1 saturated heterocycles. The zero-order valence-electron chi connectivity index (χ0n) is 24.2. The second-order valence-electron chi connectivity index (χ2n) is 11.4. The number of hydrogen-bond donors (Lipinski definition) is 1. The number of carboxylic acid groups (broad SMARTS) is 1. The molecule has 1 aliphatic heterocycles. The summed E-state index contributed by atoms with van der Waals surface area (Å²) in [4.78, 5) is 25.3. The molecule has 0 radical (unpaired) electrons. The van der Waals surface area contributed by atoms with E-state index in [-0.39, 0.29) is 43.2 Å². The quantitative estimate of drug-likeness (QED) is 0.335. The Bertz CT molecular complexity index is 1250. The first-order chi connectivity index (χ1) is 19.3. The molecule has 1 aliphatic rings. The van der Waals surface area contributed by atoms with Crippen LogP contribution < -0.4 is 9.84 Å². The Labute approximate surface area is 242 Å². The molecule has 0 saturated carbocycles. The third-order valence-corrected chi connectivity index (χ3v) is 9.27. The Hall–Kier alpha value is -2.99. The van der Waals surface area contributed by atoms with Crippen LogP contribution in [0.4, 0.5) is 4.79 Å². The molecule has 1 heterocycles. The van der Waals surface area contributed by atoms with Crippen molar-refractivity contribution < 1.29 is 37.7 Å². The van der Waals surface area contributed by atoms with Gasteiger partial charge in [-0.3, -0.25) is 0 Å². The fourth-order valence-corrected chi connectivity index (χ4v) is 6.76. The molecule has 11 heteroatoms. The van der Waals surface area contributed by atoms with Crippen molar-refractivity contribution in [1.29, 1.82) is 0 Å². The second-order valence-corrected chi connectivity index (χ2v) is 13.3. The first kappa shape index (κ1) is 32.5. The average Bonchev–Trinajstić information content (AvgIpc) is 3.46. The molecule has 0 aliphatic carbocycles. The standard InChI is InChI=1S/C30H42N2O8S/c1-22(33)14-16-30(2,3)21-31(41(37,38)26-12-10-25(39-4)11-13-26)19-28(34)27(18-23-8-6-5-7-9-23)32(29(35)36)24-15-17-40-20-24/h5-13,24,27-28,34H,14-21H2,1-4H3,(H,35,36)/p-1/t24-,27-,28+/m0/s1. The van der Waals surface area contributed by atoms with E-state index >= 15 is 0 Å². The van der Waals surface area contributed by atoms with Crippen molar-refractivity contribution in [2.24, 2.45) is 5.41 Å². The molecule has 2 aromatic carbocycles. The molecule has 1 fully saturated rings. The molecule has 10 nitrogen and oxygen atoms in total. The number of rotatable bonds is 15. The van der Waals surface area contributed by atoms with Crippen molar-refractivity contribution in [1.82, 2.24) is 9.21 Å². The number of benzene rings is 2. The molecule has 1 amide bonds. The van der Waals surface area contributed by atoms with Crippen LogP contribution in [0.15, 0.2) is 59.5 Å². The normalized spacial score (nSPS) is 17.3. The smallest absolute Gasteiger partial charge is 0.243 e. The number of hydrogen-bond acceptors (Lipinski definition) is 8. The van der Waals surface area contributed by atoms with E-state index in [9.17, 15) is 28.2 Å². The number of amides is 1. The Morgan fingerprint density at radius 1 is 1.15 bits per heavy atom. The Balaban J connectivity index is 2.00. The summed E-state index contributed by atoms with van der Waals surface area (Å²) in [6.07, 6.45) is -1.54. The minimum absolute atomic E-state index is 0.00161. The number of aliphatic hydroxyl groups excluding tert-OH is 1. The SMILES string of the molecule is COc1ccc(S(=O)(=O)N(C[C@@H](O)[C@H](Cc2ccccc2)N(C(=O)[O-])[C@H]2CCOC2)CC(C)(C)CCC(C)=O)cc1. The maximum atomic E-state index is 14.0. The van der Waals surface area contributed by atoms with Gasteiger partial charge < -0.3 is 34.2 Å². The van der Waals surface area contributed by atoms with E-state index in [1.54, 1.807) is 12.1 Å². The number of ether oxygens (including phenoxy) is 2. The highest BCUT2D eigenvalue weighted by molar-refractivity contribution is 7.89.